The summed E-state index contributed by atoms with van der Waals surface area (Å²) < 4.78 is 49.9. The number of pyridine rings is 1. The summed E-state index contributed by atoms with van der Waals surface area (Å²) in [5.74, 6) is -1.06. The van der Waals surface area contributed by atoms with Gasteiger partial charge in [0.1, 0.15) is 11.9 Å². The van der Waals surface area contributed by atoms with Crippen LogP contribution in [0, 0.1) is 19.3 Å². The standard InChI is InChI=1S/C25H29F3N8O3/c1-14-3-4-16(21(31-14)36-8-5-15(2)34-36)20(25(26,27)28)39-19-11-18(32-23(29)33-19)35-9-6-24(7-10-35)12-17(22(37)38)30-13-24/h3-5,8,11,17,20,30H,6-7,9-10,12-13H2,1-2H3,(H,37,38)(H2,29,32,33)/t17-,20+/m0/s1. The van der Waals surface area contributed by atoms with E-state index in [4.69, 9.17) is 10.5 Å². The molecule has 0 radical (unpaired) electrons. The summed E-state index contributed by atoms with van der Waals surface area (Å²) in [5.41, 5.74) is 6.66. The molecule has 2 aliphatic heterocycles. The first kappa shape index (κ1) is 26.7. The number of halogens is 3. The second-order valence-corrected chi connectivity index (χ2v) is 10.2. The van der Waals surface area contributed by atoms with Gasteiger partial charge in [-0.2, -0.15) is 28.2 Å². The average Bonchev–Trinajstić information content (AvgIpc) is 3.49. The minimum Gasteiger partial charge on any atom is -0.480 e. The number of aryl methyl sites for hydroxylation is 2. The summed E-state index contributed by atoms with van der Waals surface area (Å²) in [7, 11) is 0. The zero-order chi connectivity index (χ0) is 27.9. The van der Waals surface area contributed by atoms with Crippen LogP contribution in [0.25, 0.3) is 5.82 Å². The monoisotopic (exact) mass is 546 g/mol. The molecule has 11 nitrogen and oxygen atoms in total. The topological polar surface area (TPSA) is 144 Å². The Morgan fingerprint density at radius 1 is 1.18 bits per heavy atom. The van der Waals surface area contributed by atoms with Crippen molar-refractivity contribution in [2.24, 2.45) is 5.41 Å². The molecule has 0 unspecified atom stereocenters. The predicted octanol–water partition coefficient (Wildman–Crippen LogP) is 2.97. The van der Waals surface area contributed by atoms with Crippen molar-refractivity contribution in [3.8, 4) is 11.7 Å². The maximum absolute atomic E-state index is 14.4. The summed E-state index contributed by atoms with van der Waals surface area (Å²) in [6, 6.07) is 5.24. The van der Waals surface area contributed by atoms with Crippen molar-refractivity contribution >= 4 is 17.7 Å². The van der Waals surface area contributed by atoms with Gasteiger partial charge in [0, 0.05) is 43.2 Å². The lowest BCUT2D eigenvalue weighted by Gasteiger charge is -2.39. The van der Waals surface area contributed by atoms with E-state index in [2.05, 4.69) is 25.4 Å². The number of nitrogens with two attached hydrogens (primary N) is 1. The van der Waals surface area contributed by atoms with Crippen LogP contribution in [-0.4, -0.2) is 67.7 Å². The number of rotatable bonds is 6. The smallest absolute Gasteiger partial charge is 0.429 e. The van der Waals surface area contributed by atoms with Crippen LogP contribution in [0.4, 0.5) is 24.9 Å². The van der Waals surface area contributed by atoms with Crippen LogP contribution >= 0.6 is 0 Å². The van der Waals surface area contributed by atoms with Crippen LogP contribution in [0.1, 0.15) is 42.3 Å². The van der Waals surface area contributed by atoms with E-state index in [1.807, 2.05) is 4.90 Å². The molecule has 208 valence electrons. The number of nitrogen functional groups attached to an aromatic ring is 1. The van der Waals surface area contributed by atoms with Gasteiger partial charge in [0.15, 0.2) is 5.82 Å². The van der Waals surface area contributed by atoms with Gasteiger partial charge in [-0.3, -0.25) is 4.79 Å². The first-order valence-electron chi connectivity index (χ1n) is 12.5. The molecule has 3 aromatic heterocycles. The van der Waals surface area contributed by atoms with Crippen LogP contribution in [0.15, 0.2) is 30.5 Å². The lowest BCUT2D eigenvalue weighted by molar-refractivity contribution is -0.198. The third-order valence-electron chi connectivity index (χ3n) is 7.32. The number of alkyl halides is 3. The average molecular weight is 547 g/mol. The second kappa shape index (κ2) is 9.98. The molecule has 5 rings (SSSR count). The molecule has 0 bridgehead atoms. The van der Waals surface area contributed by atoms with E-state index in [-0.39, 0.29) is 28.6 Å². The number of aromatic nitrogens is 5. The summed E-state index contributed by atoms with van der Waals surface area (Å²) in [4.78, 5) is 25.7. The summed E-state index contributed by atoms with van der Waals surface area (Å²) in [6.07, 6.45) is -3.72. The number of hydrogen-bond acceptors (Lipinski definition) is 9. The van der Waals surface area contributed by atoms with Crippen molar-refractivity contribution < 1.29 is 27.8 Å². The number of carbonyl (C=O) groups is 1. The molecule has 0 saturated carbocycles. The number of carboxylic acids is 1. The molecule has 2 atom stereocenters. The SMILES string of the molecule is Cc1ccc([C@@H](Oc2cc(N3CCC4(CC3)CN[C@H](C(=O)O)C4)nc(N)n2)C(F)(F)F)c(-n2ccc(C)n2)n1. The van der Waals surface area contributed by atoms with E-state index in [0.29, 0.717) is 56.1 Å². The molecule has 4 N–H and O–H groups in total. The number of piperidine rings is 1. The molecule has 5 heterocycles. The highest BCUT2D eigenvalue weighted by Crippen LogP contribution is 2.42. The van der Waals surface area contributed by atoms with E-state index in [1.165, 1.54) is 29.1 Å². The molecule has 2 fully saturated rings. The number of hydrogen-bond donors (Lipinski definition) is 3. The van der Waals surface area contributed by atoms with Gasteiger partial charge in [-0.25, -0.2) is 9.67 Å². The fraction of sp³-hybridized carbons (Fsp3) is 0.480. The van der Waals surface area contributed by atoms with Crippen LogP contribution in [0.2, 0.25) is 0 Å². The molecule has 14 heteroatoms. The van der Waals surface area contributed by atoms with Gasteiger partial charge in [-0.15, -0.1) is 0 Å². The largest absolute Gasteiger partial charge is 0.480 e. The lowest BCUT2D eigenvalue weighted by Crippen LogP contribution is -2.41. The third-order valence-corrected chi connectivity index (χ3v) is 7.32. The van der Waals surface area contributed by atoms with Crippen molar-refractivity contribution in [1.29, 1.82) is 0 Å². The zero-order valence-electron chi connectivity index (χ0n) is 21.4. The number of carboxylic acid groups (broad SMARTS) is 1. The molecule has 39 heavy (non-hydrogen) atoms. The quantitative estimate of drug-likeness (QED) is 0.422. The Kier molecular flexibility index (Phi) is 6.83. The Balaban J connectivity index is 1.40. The summed E-state index contributed by atoms with van der Waals surface area (Å²) in [6.45, 7) is 5.09. The predicted molar refractivity (Wildman–Crippen MR) is 135 cm³/mol. The van der Waals surface area contributed by atoms with Gasteiger partial charge < -0.3 is 25.8 Å². The minimum atomic E-state index is -4.80. The molecule has 3 aromatic rings. The first-order valence-corrected chi connectivity index (χ1v) is 12.5. The van der Waals surface area contributed by atoms with Crippen molar-refractivity contribution in [1.82, 2.24) is 30.0 Å². The van der Waals surface area contributed by atoms with Crippen molar-refractivity contribution in [2.75, 3.05) is 30.3 Å². The van der Waals surface area contributed by atoms with Crippen LogP contribution < -0.4 is 20.7 Å². The Labute approximate surface area is 222 Å². The highest BCUT2D eigenvalue weighted by molar-refractivity contribution is 5.74. The van der Waals surface area contributed by atoms with Gasteiger partial charge in [0.2, 0.25) is 17.9 Å². The maximum Gasteiger partial charge on any atom is 0.429 e. The number of nitrogens with one attached hydrogen (secondary N) is 1. The fourth-order valence-corrected chi connectivity index (χ4v) is 5.24. The minimum absolute atomic E-state index is 0.00107. The normalized spacial score (nSPS) is 19.8. The highest BCUT2D eigenvalue weighted by Gasteiger charge is 2.46. The van der Waals surface area contributed by atoms with E-state index in [1.54, 1.807) is 19.9 Å². The number of ether oxygens (including phenoxy) is 1. The van der Waals surface area contributed by atoms with Gasteiger partial charge in [0.25, 0.3) is 0 Å². The first-order chi connectivity index (χ1) is 18.4. The van der Waals surface area contributed by atoms with E-state index in [0.717, 1.165) is 0 Å². The molecule has 0 aliphatic carbocycles. The van der Waals surface area contributed by atoms with Gasteiger partial charge in [-0.1, -0.05) is 0 Å². The molecular formula is C25H29F3N8O3. The zero-order valence-corrected chi connectivity index (χ0v) is 21.4. The van der Waals surface area contributed by atoms with Crippen molar-refractivity contribution in [2.45, 2.75) is 51.4 Å². The van der Waals surface area contributed by atoms with Gasteiger partial charge in [0.05, 0.1) is 5.69 Å². The highest BCUT2D eigenvalue weighted by atomic mass is 19.4. The molecule has 2 saturated heterocycles. The van der Waals surface area contributed by atoms with Gasteiger partial charge >= 0.3 is 12.1 Å². The molecule has 0 aromatic carbocycles. The van der Waals surface area contributed by atoms with E-state index < -0.39 is 24.3 Å². The van der Waals surface area contributed by atoms with Crippen LogP contribution in [-0.2, 0) is 4.79 Å². The molecule has 0 amide bonds. The van der Waals surface area contributed by atoms with Crippen LogP contribution in [0.3, 0.4) is 0 Å². The van der Waals surface area contributed by atoms with Crippen LogP contribution in [0.5, 0.6) is 5.88 Å². The Morgan fingerprint density at radius 2 is 1.92 bits per heavy atom. The second-order valence-electron chi connectivity index (χ2n) is 10.2. The maximum atomic E-state index is 14.4. The Morgan fingerprint density at radius 3 is 2.54 bits per heavy atom. The molecule has 2 aliphatic rings. The number of nitrogens with zero attached hydrogens (tertiary/aromatic N) is 6. The number of aliphatic carboxylic acids is 1. The van der Waals surface area contributed by atoms with Crippen molar-refractivity contribution in [3.63, 3.8) is 0 Å². The van der Waals surface area contributed by atoms with Crippen molar-refractivity contribution in [3.05, 3.63) is 47.4 Å². The summed E-state index contributed by atoms with van der Waals surface area (Å²) in [5, 5.41) is 16.6. The molecular weight excluding hydrogens is 517 g/mol. The summed E-state index contributed by atoms with van der Waals surface area (Å²) >= 11 is 0. The number of anilines is 2. The fourth-order valence-electron chi connectivity index (χ4n) is 5.24. The molecule has 1 spiro atoms. The van der Waals surface area contributed by atoms with Gasteiger partial charge in [-0.05, 0) is 56.7 Å². The third kappa shape index (κ3) is 5.60. The Bertz CT molecular complexity index is 1370. The Hall–Kier alpha value is -3.94. The van der Waals surface area contributed by atoms with E-state index in [9.17, 15) is 23.1 Å². The lowest BCUT2D eigenvalue weighted by atomic mass is 9.76. The van der Waals surface area contributed by atoms with E-state index >= 15 is 0 Å².